The molecule has 33 heavy (non-hydrogen) atoms. The van der Waals surface area contributed by atoms with Crippen LogP contribution >= 0.6 is 0 Å². The second kappa shape index (κ2) is 8.86. The van der Waals surface area contributed by atoms with Crippen LogP contribution in [0.1, 0.15) is 11.6 Å². The summed E-state index contributed by atoms with van der Waals surface area (Å²) in [6, 6.07) is 25.0. The lowest BCUT2D eigenvalue weighted by Gasteiger charge is -2.18. The first-order valence-electron chi connectivity index (χ1n) is 11.3. The molecule has 166 valence electrons. The molecule has 4 atom stereocenters. The van der Waals surface area contributed by atoms with Gasteiger partial charge in [0.15, 0.2) is 0 Å². The molecule has 7 nitrogen and oxygen atoms in total. The van der Waals surface area contributed by atoms with E-state index in [1.165, 1.54) is 16.7 Å². The van der Waals surface area contributed by atoms with Crippen molar-refractivity contribution in [2.24, 2.45) is 0 Å². The minimum absolute atomic E-state index is 0.00101. The van der Waals surface area contributed by atoms with Crippen LogP contribution < -0.4 is 5.32 Å². The van der Waals surface area contributed by atoms with Gasteiger partial charge in [0.2, 0.25) is 0 Å². The van der Waals surface area contributed by atoms with E-state index in [4.69, 9.17) is 9.47 Å². The van der Waals surface area contributed by atoms with Gasteiger partial charge in [0.05, 0.1) is 31.1 Å². The predicted molar refractivity (Wildman–Crippen MR) is 124 cm³/mol. The topological polar surface area (TPSA) is 74.1 Å². The summed E-state index contributed by atoms with van der Waals surface area (Å²) >= 11 is 0. The lowest BCUT2D eigenvalue weighted by molar-refractivity contribution is 0.0620. The van der Waals surface area contributed by atoms with Crippen LogP contribution in [-0.4, -0.2) is 51.4 Å². The molecule has 1 N–H and O–H groups in total. The SMILES string of the molecule is c1ccc(-c2ccc(CN[C@H]3CO[C@H]4[C@@H]3OC[C@@H]4n3cc(-c4ccccn4)nn3)cc2)cc1. The molecule has 0 spiro atoms. The molecule has 6 rings (SSSR count). The van der Waals surface area contributed by atoms with E-state index in [0.29, 0.717) is 13.2 Å². The van der Waals surface area contributed by atoms with E-state index in [1.807, 2.05) is 35.1 Å². The number of nitrogens with zero attached hydrogens (tertiary/aromatic N) is 4. The molecule has 7 heteroatoms. The maximum Gasteiger partial charge on any atom is 0.131 e. The number of benzene rings is 2. The van der Waals surface area contributed by atoms with Gasteiger partial charge < -0.3 is 14.8 Å². The quantitative estimate of drug-likeness (QED) is 0.496. The maximum atomic E-state index is 6.15. The lowest BCUT2D eigenvalue weighted by Crippen LogP contribution is -2.40. The van der Waals surface area contributed by atoms with E-state index in [9.17, 15) is 0 Å². The van der Waals surface area contributed by atoms with Crippen LogP contribution in [0.4, 0.5) is 0 Å². The smallest absolute Gasteiger partial charge is 0.131 e. The molecule has 0 radical (unpaired) electrons. The molecule has 0 unspecified atom stereocenters. The Morgan fingerprint density at radius 2 is 1.61 bits per heavy atom. The van der Waals surface area contributed by atoms with Crippen LogP contribution in [0.2, 0.25) is 0 Å². The summed E-state index contributed by atoms with van der Waals surface area (Å²) in [5.74, 6) is 0. The molecular weight excluding hydrogens is 414 g/mol. The van der Waals surface area contributed by atoms with Crippen LogP contribution in [-0.2, 0) is 16.0 Å². The van der Waals surface area contributed by atoms with Gasteiger partial charge in [0, 0.05) is 12.7 Å². The molecule has 2 aliphatic rings. The first-order chi connectivity index (χ1) is 16.3. The highest BCUT2D eigenvalue weighted by atomic mass is 16.6. The predicted octanol–water partition coefficient (Wildman–Crippen LogP) is 3.50. The number of rotatable bonds is 6. The van der Waals surface area contributed by atoms with Crippen molar-refractivity contribution < 1.29 is 9.47 Å². The molecule has 0 bridgehead atoms. The van der Waals surface area contributed by atoms with Gasteiger partial charge in [-0.2, -0.15) is 0 Å². The number of fused-ring (bicyclic) bond motifs is 1. The maximum absolute atomic E-state index is 6.15. The van der Waals surface area contributed by atoms with Crippen molar-refractivity contribution in [2.75, 3.05) is 13.2 Å². The first-order valence-corrected chi connectivity index (χ1v) is 11.3. The van der Waals surface area contributed by atoms with Gasteiger partial charge in [-0.3, -0.25) is 4.98 Å². The number of pyridine rings is 1. The van der Waals surface area contributed by atoms with Crippen molar-refractivity contribution in [3.05, 3.63) is 90.8 Å². The fourth-order valence-electron chi connectivity index (χ4n) is 4.65. The molecule has 4 heterocycles. The third-order valence-electron chi connectivity index (χ3n) is 6.43. The highest BCUT2D eigenvalue weighted by molar-refractivity contribution is 5.63. The normalized spacial score (nSPS) is 24.1. The highest BCUT2D eigenvalue weighted by Gasteiger charge is 2.48. The Kier molecular flexibility index (Phi) is 5.43. The van der Waals surface area contributed by atoms with E-state index in [0.717, 1.165) is 17.9 Å². The minimum Gasteiger partial charge on any atom is -0.371 e. The van der Waals surface area contributed by atoms with Crippen LogP contribution in [0.3, 0.4) is 0 Å². The molecule has 2 aliphatic heterocycles. The van der Waals surface area contributed by atoms with E-state index in [1.54, 1.807) is 6.20 Å². The summed E-state index contributed by atoms with van der Waals surface area (Å²) in [6.07, 6.45) is 3.65. The molecule has 2 aromatic carbocycles. The third-order valence-corrected chi connectivity index (χ3v) is 6.43. The fourth-order valence-corrected chi connectivity index (χ4v) is 4.65. The Morgan fingerprint density at radius 1 is 0.818 bits per heavy atom. The summed E-state index contributed by atoms with van der Waals surface area (Å²) in [5, 5.41) is 12.3. The Hall–Kier alpha value is -3.39. The zero-order valence-corrected chi connectivity index (χ0v) is 18.1. The zero-order valence-electron chi connectivity index (χ0n) is 18.1. The molecule has 2 saturated heterocycles. The summed E-state index contributed by atoms with van der Waals surface area (Å²) in [7, 11) is 0. The summed E-state index contributed by atoms with van der Waals surface area (Å²) in [4.78, 5) is 4.35. The average molecular weight is 440 g/mol. The van der Waals surface area contributed by atoms with Crippen molar-refractivity contribution in [1.82, 2.24) is 25.3 Å². The standard InChI is InChI=1S/C26H25N5O2/c1-2-6-19(7-3-1)20-11-9-18(10-12-20)14-28-23-16-32-26-24(17-33-25(23)26)31-15-22(29-30-31)21-8-4-5-13-27-21/h1-13,15,23-26,28H,14,16-17H2/t23-,24-,25+,26+/m0/s1. The number of ether oxygens (including phenoxy) is 2. The number of hydrogen-bond acceptors (Lipinski definition) is 6. The van der Waals surface area contributed by atoms with Gasteiger partial charge in [0.25, 0.3) is 0 Å². The second-order valence-corrected chi connectivity index (χ2v) is 8.51. The number of nitrogens with one attached hydrogen (secondary N) is 1. The van der Waals surface area contributed by atoms with Gasteiger partial charge in [-0.15, -0.1) is 5.10 Å². The van der Waals surface area contributed by atoms with Gasteiger partial charge in [-0.1, -0.05) is 65.9 Å². The third kappa shape index (κ3) is 4.06. The molecular formula is C26H25N5O2. The molecule has 0 amide bonds. The Labute approximate surface area is 192 Å². The van der Waals surface area contributed by atoms with Crippen LogP contribution in [0.5, 0.6) is 0 Å². The average Bonchev–Trinajstić information content (AvgIpc) is 3.61. The highest BCUT2D eigenvalue weighted by Crippen LogP contribution is 2.34. The fraction of sp³-hybridized carbons (Fsp3) is 0.269. The molecule has 4 aromatic rings. The molecule has 0 aliphatic carbocycles. The summed E-state index contributed by atoms with van der Waals surface area (Å²) < 4.78 is 14.2. The molecule has 0 saturated carbocycles. The Morgan fingerprint density at radius 3 is 2.42 bits per heavy atom. The Balaban J connectivity index is 1.08. The van der Waals surface area contributed by atoms with Crippen molar-refractivity contribution in [3.8, 4) is 22.5 Å². The van der Waals surface area contributed by atoms with Gasteiger partial charge in [0.1, 0.15) is 23.9 Å². The molecule has 2 fully saturated rings. The molecule has 2 aromatic heterocycles. The van der Waals surface area contributed by atoms with E-state index in [2.05, 4.69) is 69.1 Å². The number of aromatic nitrogens is 4. The van der Waals surface area contributed by atoms with Gasteiger partial charge >= 0.3 is 0 Å². The van der Waals surface area contributed by atoms with E-state index < -0.39 is 0 Å². The van der Waals surface area contributed by atoms with Crippen molar-refractivity contribution >= 4 is 0 Å². The Bertz CT molecular complexity index is 1200. The minimum atomic E-state index is -0.0405. The van der Waals surface area contributed by atoms with Crippen molar-refractivity contribution in [3.63, 3.8) is 0 Å². The van der Waals surface area contributed by atoms with Crippen LogP contribution in [0.25, 0.3) is 22.5 Å². The summed E-state index contributed by atoms with van der Waals surface area (Å²) in [6.45, 7) is 1.95. The lowest BCUT2D eigenvalue weighted by atomic mass is 10.0. The zero-order chi connectivity index (χ0) is 22.0. The van der Waals surface area contributed by atoms with E-state index >= 15 is 0 Å². The van der Waals surface area contributed by atoms with Crippen molar-refractivity contribution in [2.45, 2.75) is 30.8 Å². The summed E-state index contributed by atoms with van der Waals surface area (Å²) in [5.41, 5.74) is 5.26. The van der Waals surface area contributed by atoms with E-state index in [-0.39, 0.29) is 24.3 Å². The number of hydrogen-bond donors (Lipinski definition) is 1. The van der Waals surface area contributed by atoms with Crippen LogP contribution in [0, 0.1) is 0 Å². The second-order valence-electron chi connectivity index (χ2n) is 8.51. The largest absolute Gasteiger partial charge is 0.371 e. The van der Waals surface area contributed by atoms with Crippen LogP contribution in [0.15, 0.2) is 85.2 Å². The van der Waals surface area contributed by atoms with Gasteiger partial charge in [-0.05, 0) is 28.8 Å². The first kappa shape index (κ1) is 20.2. The van der Waals surface area contributed by atoms with Gasteiger partial charge in [-0.25, -0.2) is 4.68 Å². The monoisotopic (exact) mass is 439 g/mol. The van der Waals surface area contributed by atoms with Crippen molar-refractivity contribution in [1.29, 1.82) is 0 Å².